The fraction of sp³-hybridized carbons (Fsp3) is 0.917. The maximum absolute atomic E-state index is 12.6. The molecule has 2 aliphatic rings. The molecule has 0 radical (unpaired) electrons. The van der Waals surface area contributed by atoms with E-state index in [4.69, 9.17) is 5.11 Å². The molecule has 2 fully saturated rings. The van der Waals surface area contributed by atoms with Crippen molar-refractivity contribution >= 4 is 27.8 Å². The van der Waals surface area contributed by atoms with Crippen LogP contribution in [0.2, 0.25) is 0 Å². The summed E-state index contributed by atoms with van der Waals surface area (Å²) >= 11 is 1.78. The number of hydrogen-bond donors (Lipinski definition) is 1. The van der Waals surface area contributed by atoms with E-state index in [1.165, 1.54) is 4.31 Å². The van der Waals surface area contributed by atoms with Crippen LogP contribution in [0.25, 0.3) is 0 Å². The fourth-order valence-corrected chi connectivity index (χ4v) is 6.00. The van der Waals surface area contributed by atoms with Gasteiger partial charge in [-0.25, -0.2) is 12.7 Å². The molecule has 0 aromatic heterocycles. The Balaban J connectivity index is 2.08. The van der Waals surface area contributed by atoms with Gasteiger partial charge in [0, 0.05) is 18.3 Å². The summed E-state index contributed by atoms with van der Waals surface area (Å²) < 4.78 is 26.6. The number of nitrogens with zero attached hydrogens (tertiary/aromatic N) is 1. The minimum atomic E-state index is -3.44. The van der Waals surface area contributed by atoms with Gasteiger partial charge in [-0.05, 0) is 31.9 Å². The van der Waals surface area contributed by atoms with E-state index >= 15 is 0 Å². The van der Waals surface area contributed by atoms with Gasteiger partial charge in [0.1, 0.15) is 0 Å². The first-order chi connectivity index (χ1) is 8.96. The number of carbonyl (C=O) groups is 1. The van der Waals surface area contributed by atoms with Crippen LogP contribution < -0.4 is 0 Å². The molecule has 5 nitrogen and oxygen atoms in total. The van der Waals surface area contributed by atoms with Gasteiger partial charge in [0.05, 0.1) is 11.2 Å². The topological polar surface area (TPSA) is 74.7 Å². The lowest BCUT2D eigenvalue weighted by Gasteiger charge is -2.33. The quantitative estimate of drug-likeness (QED) is 0.849. The van der Waals surface area contributed by atoms with E-state index < -0.39 is 27.2 Å². The average Bonchev–Trinajstić information content (AvgIpc) is 2.89. The summed E-state index contributed by atoms with van der Waals surface area (Å²) in [5.74, 6) is -1.69. The van der Waals surface area contributed by atoms with Crippen LogP contribution in [-0.4, -0.2) is 53.6 Å². The highest BCUT2D eigenvalue weighted by Gasteiger charge is 2.44. The van der Waals surface area contributed by atoms with Crippen LogP contribution in [0.1, 0.15) is 32.1 Å². The summed E-state index contributed by atoms with van der Waals surface area (Å²) in [5.41, 5.74) is 0. The number of thioether (sulfide) groups is 1. The summed E-state index contributed by atoms with van der Waals surface area (Å²) in [6.07, 6.45) is 5.45. The molecule has 2 rings (SSSR count). The van der Waals surface area contributed by atoms with Crippen LogP contribution in [-0.2, 0) is 14.8 Å². The number of carboxylic acids is 1. The fourth-order valence-electron chi connectivity index (χ4n) is 3.08. The van der Waals surface area contributed by atoms with Gasteiger partial charge in [0.15, 0.2) is 0 Å². The second-order valence-electron chi connectivity index (χ2n) is 5.29. The van der Waals surface area contributed by atoms with E-state index in [-0.39, 0.29) is 0 Å². The number of rotatable bonds is 4. The zero-order chi connectivity index (χ0) is 14.0. The molecule has 0 spiro atoms. The van der Waals surface area contributed by atoms with E-state index in [1.807, 2.05) is 6.26 Å². The van der Waals surface area contributed by atoms with Crippen molar-refractivity contribution in [1.29, 1.82) is 0 Å². The smallest absolute Gasteiger partial charge is 0.307 e. The SMILES string of the molecule is CSC1CCN(S(=O)(=O)C2CCCC2C(=O)O)CC1. The Labute approximate surface area is 118 Å². The Morgan fingerprint density at radius 1 is 1.21 bits per heavy atom. The van der Waals surface area contributed by atoms with Gasteiger partial charge in [-0.2, -0.15) is 11.8 Å². The van der Waals surface area contributed by atoms with E-state index in [1.54, 1.807) is 11.8 Å². The van der Waals surface area contributed by atoms with Crippen molar-refractivity contribution in [3.63, 3.8) is 0 Å². The predicted octanol–water partition coefficient (Wildman–Crippen LogP) is 1.40. The summed E-state index contributed by atoms with van der Waals surface area (Å²) in [6, 6.07) is 0. The molecule has 1 aliphatic carbocycles. The molecule has 1 N–H and O–H groups in total. The molecular weight excluding hydrogens is 286 g/mol. The van der Waals surface area contributed by atoms with Gasteiger partial charge >= 0.3 is 5.97 Å². The van der Waals surface area contributed by atoms with E-state index in [9.17, 15) is 13.2 Å². The second kappa shape index (κ2) is 6.01. The van der Waals surface area contributed by atoms with Crippen LogP contribution in [0.5, 0.6) is 0 Å². The number of hydrogen-bond acceptors (Lipinski definition) is 4. The molecule has 2 unspecified atom stereocenters. The number of carboxylic acid groups (broad SMARTS) is 1. The highest BCUT2D eigenvalue weighted by Crippen LogP contribution is 2.34. The summed E-state index contributed by atoms with van der Waals surface area (Å²) in [4.78, 5) is 11.2. The van der Waals surface area contributed by atoms with E-state index in [0.717, 1.165) is 12.8 Å². The number of aliphatic carboxylic acids is 1. The summed E-state index contributed by atoms with van der Waals surface area (Å²) in [5, 5.41) is 8.96. The largest absolute Gasteiger partial charge is 0.481 e. The van der Waals surface area contributed by atoms with Crippen molar-refractivity contribution in [1.82, 2.24) is 4.31 Å². The van der Waals surface area contributed by atoms with Crippen LogP contribution in [0.4, 0.5) is 0 Å². The van der Waals surface area contributed by atoms with Crippen molar-refractivity contribution in [2.24, 2.45) is 5.92 Å². The molecule has 7 heteroatoms. The van der Waals surface area contributed by atoms with Gasteiger partial charge in [-0.1, -0.05) is 6.42 Å². The molecule has 0 aromatic carbocycles. The lowest BCUT2D eigenvalue weighted by atomic mass is 10.1. The van der Waals surface area contributed by atoms with Gasteiger partial charge in [0.25, 0.3) is 0 Å². The second-order valence-corrected chi connectivity index (χ2v) is 8.58. The van der Waals surface area contributed by atoms with Crippen molar-refractivity contribution < 1.29 is 18.3 Å². The third-order valence-corrected chi connectivity index (χ3v) is 7.80. The monoisotopic (exact) mass is 307 g/mol. The molecule has 1 aliphatic heterocycles. The molecule has 0 bridgehead atoms. The minimum absolute atomic E-state index is 0.487. The van der Waals surface area contributed by atoms with Gasteiger partial charge in [-0.3, -0.25) is 4.79 Å². The highest BCUT2D eigenvalue weighted by molar-refractivity contribution is 7.99. The normalized spacial score (nSPS) is 30.6. The summed E-state index contributed by atoms with van der Waals surface area (Å²) in [6.45, 7) is 1.08. The van der Waals surface area contributed by atoms with Gasteiger partial charge in [-0.15, -0.1) is 0 Å². The zero-order valence-electron chi connectivity index (χ0n) is 11.1. The van der Waals surface area contributed by atoms with E-state index in [0.29, 0.717) is 37.6 Å². The van der Waals surface area contributed by atoms with Crippen molar-refractivity contribution in [3.8, 4) is 0 Å². The van der Waals surface area contributed by atoms with Crippen molar-refractivity contribution in [2.45, 2.75) is 42.6 Å². The van der Waals surface area contributed by atoms with Gasteiger partial charge in [0.2, 0.25) is 10.0 Å². The third-order valence-electron chi connectivity index (χ3n) is 4.25. The Bertz CT molecular complexity index is 429. The van der Waals surface area contributed by atoms with Crippen LogP contribution in [0, 0.1) is 5.92 Å². The minimum Gasteiger partial charge on any atom is -0.481 e. The number of piperidine rings is 1. The Morgan fingerprint density at radius 2 is 1.84 bits per heavy atom. The van der Waals surface area contributed by atoms with Crippen LogP contribution in [0.3, 0.4) is 0 Å². The standard InChI is InChI=1S/C12H21NO4S2/c1-18-9-5-7-13(8-6-9)19(16,17)11-4-2-3-10(11)12(14)15/h9-11H,2-8H2,1H3,(H,14,15). The lowest BCUT2D eigenvalue weighted by Crippen LogP contribution is -2.46. The Morgan fingerprint density at radius 3 is 2.37 bits per heavy atom. The first kappa shape index (κ1) is 15.1. The molecule has 2 atom stereocenters. The molecule has 0 aromatic rings. The maximum atomic E-state index is 12.6. The van der Waals surface area contributed by atoms with Crippen LogP contribution >= 0.6 is 11.8 Å². The lowest BCUT2D eigenvalue weighted by molar-refractivity contribution is -0.141. The summed E-state index contributed by atoms with van der Waals surface area (Å²) in [7, 11) is -3.44. The Hall–Kier alpha value is -0.270. The molecule has 1 saturated carbocycles. The molecule has 0 amide bonds. The third kappa shape index (κ3) is 3.08. The number of sulfonamides is 1. The average molecular weight is 307 g/mol. The zero-order valence-corrected chi connectivity index (χ0v) is 12.8. The molecule has 19 heavy (non-hydrogen) atoms. The van der Waals surface area contributed by atoms with Crippen LogP contribution in [0.15, 0.2) is 0 Å². The van der Waals surface area contributed by atoms with Crippen molar-refractivity contribution in [3.05, 3.63) is 0 Å². The Kier molecular flexibility index (Phi) is 4.79. The van der Waals surface area contributed by atoms with Crippen molar-refractivity contribution in [2.75, 3.05) is 19.3 Å². The molecule has 1 saturated heterocycles. The van der Waals surface area contributed by atoms with E-state index in [2.05, 4.69) is 0 Å². The first-order valence-corrected chi connectivity index (χ1v) is 9.50. The highest BCUT2D eigenvalue weighted by atomic mass is 32.2. The molecule has 110 valence electrons. The van der Waals surface area contributed by atoms with Gasteiger partial charge < -0.3 is 5.11 Å². The molecule has 1 heterocycles. The maximum Gasteiger partial charge on any atom is 0.307 e. The molecular formula is C12H21NO4S2. The predicted molar refractivity (Wildman–Crippen MR) is 75.8 cm³/mol. The first-order valence-electron chi connectivity index (χ1n) is 6.71.